The van der Waals surface area contributed by atoms with Crippen LogP contribution in [0.5, 0.6) is 0 Å². The van der Waals surface area contributed by atoms with Crippen LogP contribution in [0, 0.1) is 5.82 Å². The van der Waals surface area contributed by atoms with Gasteiger partial charge in [0.15, 0.2) is 5.11 Å². The standard InChI is InChI=1S/C17H14FN5O2S2/c18-12-8-6-11(7-9-12)15-21-23-17(25-15)27-10-14(24)20-22-16(26)19-13-4-2-1-3-5-13/h1-9H,10H2,(H,20,24)(H2,19,22,26). The lowest BCUT2D eigenvalue weighted by Gasteiger charge is -2.10. The highest BCUT2D eigenvalue weighted by Crippen LogP contribution is 2.23. The number of carbonyl (C=O) groups is 1. The number of hydrogen-bond acceptors (Lipinski definition) is 6. The number of thiocarbonyl (C=S) groups is 1. The van der Waals surface area contributed by atoms with Gasteiger partial charge in [0.05, 0.1) is 5.75 Å². The summed E-state index contributed by atoms with van der Waals surface area (Å²) < 4.78 is 18.4. The van der Waals surface area contributed by atoms with Gasteiger partial charge in [-0.2, -0.15) is 0 Å². The van der Waals surface area contributed by atoms with Crippen LogP contribution in [0.4, 0.5) is 10.1 Å². The predicted octanol–water partition coefficient (Wildman–Crippen LogP) is 2.99. The number of carbonyl (C=O) groups excluding carboxylic acids is 1. The Hall–Kier alpha value is -2.98. The largest absolute Gasteiger partial charge is 0.411 e. The smallest absolute Gasteiger partial charge is 0.277 e. The molecular weight excluding hydrogens is 389 g/mol. The second kappa shape index (κ2) is 9.10. The Morgan fingerprint density at radius 2 is 1.81 bits per heavy atom. The molecule has 0 fully saturated rings. The fraction of sp³-hybridized carbons (Fsp3) is 0.0588. The third-order valence-corrected chi connectivity index (χ3v) is 4.19. The molecule has 1 amide bonds. The number of nitrogens with zero attached hydrogens (tertiary/aromatic N) is 2. The molecule has 0 saturated heterocycles. The molecule has 3 N–H and O–H groups in total. The molecule has 0 radical (unpaired) electrons. The van der Waals surface area contributed by atoms with Gasteiger partial charge in [-0.25, -0.2) is 4.39 Å². The molecule has 0 aliphatic heterocycles. The zero-order chi connectivity index (χ0) is 19.1. The van der Waals surface area contributed by atoms with Gasteiger partial charge in [-0.05, 0) is 48.6 Å². The molecule has 3 rings (SSSR count). The Morgan fingerprint density at radius 3 is 2.56 bits per heavy atom. The number of hydrazine groups is 1. The van der Waals surface area contributed by atoms with E-state index < -0.39 is 0 Å². The van der Waals surface area contributed by atoms with Crippen LogP contribution in [0.15, 0.2) is 64.2 Å². The van der Waals surface area contributed by atoms with Gasteiger partial charge in [0.25, 0.3) is 5.22 Å². The summed E-state index contributed by atoms with van der Waals surface area (Å²) in [4.78, 5) is 11.9. The summed E-state index contributed by atoms with van der Waals surface area (Å²) in [7, 11) is 0. The van der Waals surface area contributed by atoms with E-state index in [-0.39, 0.29) is 33.7 Å². The number of aromatic nitrogens is 2. The van der Waals surface area contributed by atoms with Crippen LogP contribution in [-0.4, -0.2) is 27.0 Å². The molecule has 0 aliphatic carbocycles. The highest BCUT2D eigenvalue weighted by molar-refractivity contribution is 7.99. The highest BCUT2D eigenvalue weighted by atomic mass is 32.2. The summed E-state index contributed by atoms with van der Waals surface area (Å²) in [5, 5.41) is 11.1. The van der Waals surface area contributed by atoms with Gasteiger partial charge in [0.2, 0.25) is 11.8 Å². The summed E-state index contributed by atoms with van der Waals surface area (Å²) in [5.74, 6) is -0.369. The topological polar surface area (TPSA) is 92.1 Å². The summed E-state index contributed by atoms with van der Waals surface area (Å²) in [6, 6.07) is 15.0. The number of halogens is 1. The number of nitrogens with one attached hydrogen (secondary N) is 3. The van der Waals surface area contributed by atoms with E-state index in [1.807, 2.05) is 30.3 Å². The van der Waals surface area contributed by atoms with E-state index in [4.69, 9.17) is 16.6 Å². The summed E-state index contributed by atoms with van der Waals surface area (Å²) in [6.45, 7) is 0. The summed E-state index contributed by atoms with van der Waals surface area (Å²) in [5.41, 5.74) is 6.48. The summed E-state index contributed by atoms with van der Waals surface area (Å²) >= 11 is 6.16. The Morgan fingerprint density at radius 1 is 1.07 bits per heavy atom. The molecule has 3 aromatic rings. The second-order valence-corrected chi connectivity index (χ2v) is 6.50. The zero-order valence-electron chi connectivity index (χ0n) is 13.8. The minimum Gasteiger partial charge on any atom is -0.411 e. The number of para-hydroxylation sites is 1. The number of hydrogen-bond donors (Lipinski definition) is 3. The van der Waals surface area contributed by atoms with Crippen LogP contribution >= 0.6 is 24.0 Å². The average Bonchev–Trinajstić information content (AvgIpc) is 3.15. The Kier molecular flexibility index (Phi) is 6.34. The third-order valence-electron chi connectivity index (χ3n) is 3.17. The second-order valence-electron chi connectivity index (χ2n) is 5.16. The van der Waals surface area contributed by atoms with Crippen molar-refractivity contribution >= 4 is 40.7 Å². The normalized spacial score (nSPS) is 10.3. The molecule has 0 bridgehead atoms. The fourth-order valence-electron chi connectivity index (χ4n) is 1.95. The van der Waals surface area contributed by atoms with Crippen LogP contribution in [-0.2, 0) is 4.79 Å². The number of benzene rings is 2. The molecule has 1 heterocycles. The molecular formula is C17H14FN5O2S2. The molecule has 2 aromatic carbocycles. The monoisotopic (exact) mass is 403 g/mol. The first-order valence-electron chi connectivity index (χ1n) is 7.73. The third kappa shape index (κ3) is 5.76. The minimum atomic E-state index is -0.350. The summed E-state index contributed by atoms with van der Waals surface area (Å²) in [6.07, 6.45) is 0. The van der Waals surface area contributed by atoms with Crippen molar-refractivity contribution < 1.29 is 13.6 Å². The van der Waals surface area contributed by atoms with Crippen molar-refractivity contribution in [2.75, 3.05) is 11.1 Å². The van der Waals surface area contributed by atoms with Gasteiger partial charge in [0.1, 0.15) is 5.82 Å². The SMILES string of the molecule is O=C(CSc1nnc(-c2ccc(F)cc2)o1)NNC(=S)Nc1ccccc1. The van der Waals surface area contributed by atoms with Crippen molar-refractivity contribution in [1.29, 1.82) is 0 Å². The van der Waals surface area contributed by atoms with E-state index in [1.54, 1.807) is 0 Å². The van der Waals surface area contributed by atoms with Crippen LogP contribution in [0.1, 0.15) is 0 Å². The van der Waals surface area contributed by atoms with Crippen molar-refractivity contribution in [3.63, 3.8) is 0 Å². The van der Waals surface area contributed by atoms with E-state index in [2.05, 4.69) is 26.4 Å². The Balaban J connectivity index is 1.43. The average molecular weight is 403 g/mol. The van der Waals surface area contributed by atoms with Crippen molar-refractivity contribution in [3.8, 4) is 11.5 Å². The first-order valence-corrected chi connectivity index (χ1v) is 9.12. The van der Waals surface area contributed by atoms with E-state index in [1.165, 1.54) is 24.3 Å². The van der Waals surface area contributed by atoms with Crippen molar-refractivity contribution in [1.82, 2.24) is 21.0 Å². The van der Waals surface area contributed by atoms with E-state index in [9.17, 15) is 9.18 Å². The number of rotatable bonds is 5. The molecule has 7 nitrogen and oxygen atoms in total. The molecule has 1 aromatic heterocycles. The van der Waals surface area contributed by atoms with Crippen LogP contribution in [0.25, 0.3) is 11.5 Å². The molecule has 10 heteroatoms. The number of amides is 1. The quantitative estimate of drug-likeness (QED) is 0.340. The lowest BCUT2D eigenvalue weighted by atomic mass is 10.2. The van der Waals surface area contributed by atoms with E-state index in [0.717, 1.165) is 17.4 Å². The maximum Gasteiger partial charge on any atom is 0.277 e. The van der Waals surface area contributed by atoms with Gasteiger partial charge in [0, 0.05) is 11.3 Å². The number of thioether (sulfide) groups is 1. The maximum atomic E-state index is 12.9. The first-order chi connectivity index (χ1) is 13.1. The maximum absolute atomic E-state index is 12.9. The van der Waals surface area contributed by atoms with Gasteiger partial charge < -0.3 is 9.73 Å². The van der Waals surface area contributed by atoms with Crippen LogP contribution in [0.3, 0.4) is 0 Å². The molecule has 0 aliphatic rings. The molecule has 138 valence electrons. The van der Waals surface area contributed by atoms with E-state index >= 15 is 0 Å². The van der Waals surface area contributed by atoms with Gasteiger partial charge >= 0.3 is 0 Å². The van der Waals surface area contributed by atoms with Gasteiger partial charge in [-0.1, -0.05) is 30.0 Å². The van der Waals surface area contributed by atoms with Crippen LogP contribution in [0.2, 0.25) is 0 Å². The molecule has 0 unspecified atom stereocenters. The molecule has 0 saturated carbocycles. The highest BCUT2D eigenvalue weighted by Gasteiger charge is 2.11. The molecule has 0 atom stereocenters. The van der Waals surface area contributed by atoms with E-state index in [0.29, 0.717) is 5.56 Å². The predicted molar refractivity (Wildman–Crippen MR) is 104 cm³/mol. The molecule has 0 spiro atoms. The van der Waals surface area contributed by atoms with Gasteiger partial charge in [-0.15, -0.1) is 10.2 Å². The fourth-order valence-corrected chi connectivity index (χ4v) is 2.68. The van der Waals surface area contributed by atoms with Crippen LogP contribution < -0.4 is 16.2 Å². The number of anilines is 1. The zero-order valence-corrected chi connectivity index (χ0v) is 15.4. The lowest BCUT2D eigenvalue weighted by molar-refractivity contribution is -0.119. The van der Waals surface area contributed by atoms with Crippen molar-refractivity contribution in [2.45, 2.75) is 5.22 Å². The van der Waals surface area contributed by atoms with Crippen molar-refractivity contribution in [2.24, 2.45) is 0 Å². The lowest BCUT2D eigenvalue weighted by Crippen LogP contribution is -2.44. The minimum absolute atomic E-state index is 0.0476. The first kappa shape index (κ1) is 18.8. The Bertz CT molecular complexity index is 919. The van der Waals surface area contributed by atoms with Gasteiger partial charge in [-0.3, -0.25) is 15.6 Å². The van der Waals surface area contributed by atoms with Crippen molar-refractivity contribution in [3.05, 3.63) is 60.4 Å². The Labute approximate surface area is 163 Å². The molecule has 27 heavy (non-hydrogen) atoms.